The van der Waals surface area contributed by atoms with Crippen LogP contribution in [0, 0.1) is 5.82 Å². The topological polar surface area (TPSA) is 23.6 Å². The molecule has 0 amide bonds. The molecule has 0 radical (unpaired) electrons. The van der Waals surface area contributed by atoms with E-state index in [4.69, 9.17) is 0 Å². The molecule has 1 aromatic carbocycles. The molecule has 0 N–H and O–H groups in total. The summed E-state index contributed by atoms with van der Waals surface area (Å²) in [5.74, 6) is -0.232. The van der Waals surface area contributed by atoms with E-state index < -0.39 is 0 Å². The van der Waals surface area contributed by atoms with Crippen LogP contribution in [-0.4, -0.2) is 54.9 Å². The number of hydrogen-bond donors (Lipinski definition) is 0. The molecule has 20 heavy (non-hydrogen) atoms. The van der Waals surface area contributed by atoms with Gasteiger partial charge in [-0.2, -0.15) is 0 Å². The number of nitrogens with zero attached hydrogens (tertiary/aromatic N) is 2. The Morgan fingerprint density at radius 1 is 1.35 bits per heavy atom. The Labute approximate surface area is 120 Å². The number of rotatable bonds is 4. The van der Waals surface area contributed by atoms with Crippen LogP contribution in [0.2, 0.25) is 0 Å². The predicted octanol–water partition coefficient (Wildman–Crippen LogP) is 2.42. The highest BCUT2D eigenvalue weighted by atomic mass is 19.1. The van der Waals surface area contributed by atoms with Crippen molar-refractivity contribution >= 4 is 5.78 Å². The molecule has 110 valence electrons. The molecule has 0 aromatic heterocycles. The maximum Gasteiger partial charge on any atom is 0.179 e. The average Bonchev–Trinajstić information content (AvgIpc) is 2.46. The third-order valence-electron chi connectivity index (χ3n) is 4.21. The minimum Gasteiger partial charge on any atom is -0.305 e. The summed E-state index contributed by atoms with van der Waals surface area (Å²) in [5, 5.41) is 0. The zero-order chi connectivity index (χ0) is 14.7. The summed E-state index contributed by atoms with van der Waals surface area (Å²) >= 11 is 0. The number of piperidine rings is 1. The van der Waals surface area contributed by atoms with Crippen molar-refractivity contribution in [3.63, 3.8) is 0 Å². The van der Waals surface area contributed by atoms with Crippen molar-refractivity contribution in [2.24, 2.45) is 0 Å². The Kier molecular flexibility index (Phi) is 4.89. The van der Waals surface area contributed by atoms with Gasteiger partial charge >= 0.3 is 0 Å². The van der Waals surface area contributed by atoms with Crippen molar-refractivity contribution in [2.75, 3.05) is 27.2 Å². The molecule has 0 spiro atoms. The summed E-state index contributed by atoms with van der Waals surface area (Å²) in [6, 6.07) is 6.19. The number of likely N-dealkylation sites (N-methyl/N-ethyl adjacent to an activating group) is 1. The van der Waals surface area contributed by atoms with Crippen LogP contribution in [0.15, 0.2) is 24.3 Å². The zero-order valence-electron chi connectivity index (χ0n) is 12.5. The fourth-order valence-electron chi connectivity index (χ4n) is 2.78. The van der Waals surface area contributed by atoms with Gasteiger partial charge in [0.15, 0.2) is 5.78 Å². The maximum atomic E-state index is 12.9. The lowest BCUT2D eigenvalue weighted by Gasteiger charge is -2.38. The van der Waals surface area contributed by atoms with Crippen LogP contribution in [0.25, 0.3) is 0 Å². The molecule has 1 saturated heterocycles. The van der Waals surface area contributed by atoms with Crippen LogP contribution in [0.1, 0.15) is 30.1 Å². The summed E-state index contributed by atoms with van der Waals surface area (Å²) in [7, 11) is 4.17. The Morgan fingerprint density at radius 3 is 2.60 bits per heavy atom. The second-order valence-corrected chi connectivity index (χ2v) is 5.80. The molecule has 1 fully saturated rings. The van der Waals surface area contributed by atoms with Gasteiger partial charge in [0.05, 0.1) is 6.04 Å². The summed E-state index contributed by atoms with van der Waals surface area (Å²) in [6.07, 6.45) is 2.30. The molecule has 2 rings (SSSR count). The van der Waals surface area contributed by atoms with E-state index >= 15 is 0 Å². The SMILES string of the molecule is CC(C(=O)c1ccc(F)cc1)N1CCCC(N(C)C)C1. The standard InChI is InChI=1S/C16H23FN2O/c1-12(16(20)13-6-8-14(17)9-7-13)19-10-4-5-15(11-19)18(2)3/h6-9,12,15H,4-5,10-11H2,1-3H3. The number of Topliss-reactive ketones (excluding diaryl/α,β-unsaturated/α-hetero) is 1. The van der Waals surface area contributed by atoms with Gasteiger partial charge in [-0.1, -0.05) is 0 Å². The quantitative estimate of drug-likeness (QED) is 0.790. The molecule has 2 unspecified atom stereocenters. The van der Waals surface area contributed by atoms with Gasteiger partial charge in [0.25, 0.3) is 0 Å². The fourth-order valence-corrected chi connectivity index (χ4v) is 2.78. The van der Waals surface area contributed by atoms with Crippen molar-refractivity contribution in [3.8, 4) is 0 Å². The van der Waals surface area contributed by atoms with E-state index in [1.54, 1.807) is 12.1 Å². The van der Waals surface area contributed by atoms with Crippen LogP contribution >= 0.6 is 0 Å². The van der Waals surface area contributed by atoms with Crippen molar-refractivity contribution < 1.29 is 9.18 Å². The summed E-state index contributed by atoms with van der Waals surface area (Å²) in [4.78, 5) is 16.9. The molecular weight excluding hydrogens is 255 g/mol. The third-order valence-corrected chi connectivity index (χ3v) is 4.21. The Hall–Kier alpha value is -1.26. The lowest BCUT2D eigenvalue weighted by molar-refractivity contribution is 0.0698. The van der Waals surface area contributed by atoms with E-state index in [1.165, 1.54) is 18.6 Å². The van der Waals surface area contributed by atoms with E-state index in [2.05, 4.69) is 23.9 Å². The molecule has 1 aliphatic rings. The Bertz CT molecular complexity index is 458. The Morgan fingerprint density at radius 2 is 2.00 bits per heavy atom. The third kappa shape index (κ3) is 3.44. The van der Waals surface area contributed by atoms with Gasteiger partial charge in [-0.15, -0.1) is 0 Å². The van der Waals surface area contributed by atoms with E-state index in [9.17, 15) is 9.18 Å². The van der Waals surface area contributed by atoms with Crippen molar-refractivity contribution in [1.29, 1.82) is 0 Å². The first-order valence-corrected chi connectivity index (χ1v) is 7.19. The van der Waals surface area contributed by atoms with Crippen LogP contribution in [0.4, 0.5) is 4.39 Å². The van der Waals surface area contributed by atoms with Gasteiger partial charge in [-0.25, -0.2) is 4.39 Å². The van der Waals surface area contributed by atoms with E-state index in [0.717, 1.165) is 19.5 Å². The molecule has 3 nitrogen and oxygen atoms in total. The number of hydrogen-bond acceptors (Lipinski definition) is 3. The number of benzene rings is 1. The normalized spacial score (nSPS) is 21.9. The second kappa shape index (κ2) is 6.46. The van der Waals surface area contributed by atoms with E-state index in [0.29, 0.717) is 11.6 Å². The monoisotopic (exact) mass is 278 g/mol. The first-order chi connectivity index (χ1) is 9.49. The highest BCUT2D eigenvalue weighted by Gasteiger charge is 2.28. The predicted molar refractivity (Wildman–Crippen MR) is 78.5 cm³/mol. The fraction of sp³-hybridized carbons (Fsp3) is 0.562. The minimum atomic E-state index is -0.306. The van der Waals surface area contributed by atoms with Crippen LogP contribution in [-0.2, 0) is 0 Å². The van der Waals surface area contributed by atoms with Crippen LogP contribution in [0.5, 0.6) is 0 Å². The molecule has 1 heterocycles. The molecular formula is C16H23FN2O. The Balaban J connectivity index is 2.04. The molecule has 0 aliphatic carbocycles. The number of likely N-dealkylation sites (tertiary alicyclic amines) is 1. The summed E-state index contributed by atoms with van der Waals surface area (Å²) in [6.45, 7) is 3.82. The first kappa shape index (κ1) is 15.1. The zero-order valence-corrected chi connectivity index (χ0v) is 12.5. The molecule has 0 saturated carbocycles. The van der Waals surface area contributed by atoms with Gasteiger partial charge in [0.2, 0.25) is 0 Å². The lowest BCUT2D eigenvalue weighted by Crippen LogP contribution is -2.50. The maximum absolute atomic E-state index is 12.9. The highest BCUT2D eigenvalue weighted by molar-refractivity contribution is 5.99. The van der Waals surface area contributed by atoms with Crippen molar-refractivity contribution in [2.45, 2.75) is 31.8 Å². The number of carbonyl (C=O) groups is 1. The van der Waals surface area contributed by atoms with E-state index in [1.807, 2.05) is 6.92 Å². The van der Waals surface area contributed by atoms with Gasteiger partial charge in [-0.05, 0) is 64.7 Å². The summed E-state index contributed by atoms with van der Waals surface area (Å²) in [5.41, 5.74) is 0.589. The largest absolute Gasteiger partial charge is 0.305 e. The van der Waals surface area contributed by atoms with Crippen LogP contribution in [0.3, 0.4) is 0 Å². The van der Waals surface area contributed by atoms with Gasteiger partial charge in [-0.3, -0.25) is 9.69 Å². The summed E-state index contributed by atoms with van der Waals surface area (Å²) < 4.78 is 12.9. The first-order valence-electron chi connectivity index (χ1n) is 7.19. The average molecular weight is 278 g/mol. The number of carbonyl (C=O) groups excluding carboxylic acids is 1. The molecule has 1 aliphatic heterocycles. The highest BCUT2D eigenvalue weighted by Crippen LogP contribution is 2.18. The molecule has 0 bridgehead atoms. The van der Waals surface area contributed by atoms with Gasteiger partial charge < -0.3 is 4.90 Å². The van der Waals surface area contributed by atoms with Gasteiger partial charge in [0.1, 0.15) is 5.82 Å². The van der Waals surface area contributed by atoms with Gasteiger partial charge in [0, 0.05) is 18.2 Å². The second-order valence-electron chi connectivity index (χ2n) is 5.80. The van der Waals surface area contributed by atoms with Crippen molar-refractivity contribution in [1.82, 2.24) is 9.80 Å². The number of halogens is 1. The number of ketones is 1. The van der Waals surface area contributed by atoms with E-state index in [-0.39, 0.29) is 17.6 Å². The molecule has 2 atom stereocenters. The molecule has 1 aromatic rings. The van der Waals surface area contributed by atoms with Crippen LogP contribution < -0.4 is 0 Å². The lowest BCUT2D eigenvalue weighted by atomic mass is 9.99. The smallest absolute Gasteiger partial charge is 0.179 e. The minimum absolute atomic E-state index is 0.0735. The van der Waals surface area contributed by atoms with Crippen molar-refractivity contribution in [3.05, 3.63) is 35.6 Å². The molecule has 4 heteroatoms.